The molecule has 5 nitrogen and oxygen atoms in total. The number of rotatable bonds is 4. The third-order valence-corrected chi connectivity index (χ3v) is 2.96. The van der Waals surface area contributed by atoms with Crippen LogP contribution in [0, 0.1) is 0 Å². The number of guanidine groups is 1. The van der Waals surface area contributed by atoms with E-state index in [9.17, 15) is 0 Å². The maximum Gasteiger partial charge on any atom is 0.211 e. The summed E-state index contributed by atoms with van der Waals surface area (Å²) in [7, 11) is 1.58. The number of hydrogen-bond donors (Lipinski definition) is 2. The zero-order valence-electron chi connectivity index (χ0n) is 11.5. The monoisotopic (exact) mass is 302 g/mol. The van der Waals surface area contributed by atoms with Gasteiger partial charge in [0.2, 0.25) is 5.96 Å². The van der Waals surface area contributed by atoms with Crippen molar-refractivity contribution in [2.45, 2.75) is 0 Å². The van der Waals surface area contributed by atoms with Gasteiger partial charge in [0.05, 0.1) is 7.11 Å². The molecular formula is C15H15ClN4O. The summed E-state index contributed by atoms with van der Waals surface area (Å²) in [5.41, 5.74) is 12.9. The lowest BCUT2D eigenvalue weighted by Gasteiger charge is -2.11. The molecule has 2 aromatic rings. The van der Waals surface area contributed by atoms with Gasteiger partial charge < -0.3 is 16.2 Å². The van der Waals surface area contributed by atoms with Crippen molar-refractivity contribution in [1.29, 1.82) is 0 Å². The fourth-order valence-electron chi connectivity index (χ4n) is 1.84. The molecule has 21 heavy (non-hydrogen) atoms. The molecule has 0 heterocycles. The molecule has 2 aromatic carbocycles. The number of methoxy groups -OCH3 is 1. The van der Waals surface area contributed by atoms with E-state index in [0.29, 0.717) is 22.0 Å². The number of nitrogens with zero attached hydrogens (tertiary/aromatic N) is 2. The highest BCUT2D eigenvalue weighted by Crippen LogP contribution is 2.26. The van der Waals surface area contributed by atoms with E-state index in [0.717, 1.165) is 5.56 Å². The fourth-order valence-corrected chi connectivity index (χ4v) is 2.01. The topological polar surface area (TPSA) is 86.0 Å². The van der Waals surface area contributed by atoms with Crippen LogP contribution in [0.2, 0.25) is 5.02 Å². The summed E-state index contributed by atoms with van der Waals surface area (Å²) in [6.45, 7) is 0. The molecule has 6 heteroatoms. The smallest absolute Gasteiger partial charge is 0.211 e. The summed E-state index contributed by atoms with van der Waals surface area (Å²) in [6, 6.07) is 14.8. The van der Waals surface area contributed by atoms with Crippen LogP contribution < -0.4 is 16.2 Å². The minimum atomic E-state index is -0.121. The molecule has 0 radical (unpaired) electrons. The lowest BCUT2D eigenvalue weighted by atomic mass is 10.0. The molecule has 0 aromatic heterocycles. The van der Waals surface area contributed by atoms with Crippen LogP contribution in [0.4, 0.5) is 0 Å². The minimum absolute atomic E-state index is 0.121. The first kappa shape index (κ1) is 14.9. The Morgan fingerprint density at radius 1 is 1.05 bits per heavy atom. The van der Waals surface area contributed by atoms with Crippen LogP contribution in [-0.4, -0.2) is 18.8 Å². The van der Waals surface area contributed by atoms with Gasteiger partial charge in [-0.3, -0.25) is 0 Å². The highest BCUT2D eigenvalue weighted by atomic mass is 35.5. The van der Waals surface area contributed by atoms with Gasteiger partial charge in [-0.1, -0.05) is 41.9 Å². The Hall–Kier alpha value is -2.53. The third kappa shape index (κ3) is 3.73. The number of halogens is 1. The van der Waals surface area contributed by atoms with Gasteiger partial charge in [0.25, 0.3) is 0 Å². The van der Waals surface area contributed by atoms with E-state index in [1.54, 1.807) is 25.3 Å². The summed E-state index contributed by atoms with van der Waals surface area (Å²) < 4.78 is 5.36. The molecule has 0 aliphatic carbocycles. The predicted molar refractivity (Wildman–Crippen MR) is 85.9 cm³/mol. The van der Waals surface area contributed by atoms with E-state index in [2.05, 4.69) is 10.2 Å². The van der Waals surface area contributed by atoms with Gasteiger partial charge in [0.15, 0.2) is 0 Å². The molecular weight excluding hydrogens is 288 g/mol. The second-order valence-corrected chi connectivity index (χ2v) is 4.62. The molecule has 4 N–H and O–H groups in total. The second kappa shape index (κ2) is 6.76. The first-order valence-corrected chi connectivity index (χ1v) is 6.55. The van der Waals surface area contributed by atoms with Crippen molar-refractivity contribution in [3.63, 3.8) is 0 Å². The van der Waals surface area contributed by atoms with Gasteiger partial charge in [-0.15, -0.1) is 10.2 Å². The Morgan fingerprint density at radius 2 is 1.76 bits per heavy atom. The molecule has 108 valence electrons. The molecule has 0 amide bonds. The van der Waals surface area contributed by atoms with Crippen molar-refractivity contribution in [2.24, 2.45) is 21.7 Å². The second-order valence-electron chi connectivity index (χ2n) is 4.18. The van der Waals surface area contributed by atoms with Crippen LogP contribution in [0.15, 0.2) is 58.7 Å². The molecule has 2 rings (SSSR count). The quantitative estimate of drug-likeness (QED) is 0.516. The lowest BCUT2D eigenvalue weighted by molar-refractivity contribution is 0.414. The van der Waals surface area contributed by atoms with Gasteiger partial charge in [0.1, 0.15) is 11.5 Å². The molecule has 0 aliphatic rings. The Morgan fingerprint density at radius 3 is 2.38 bits per heavy atom. The van der Waals surface area contributed by atoms with Gasteiger partial charge in [-0.05, 0) is 18.2 Å². The zero-order chi connectivity index (χ0) is 15.2. The molecule has 0 aliphatic heterocycles. The van der Waals surface area contributed by atoms with Crippen LogP contribution in [-0.2, 0) is 0 Å². The third-order valence-electron chi connectivity index (χ3n) is 2.73. The minimum Gasteiger partial charge on any atom is -0.496 e. The summed E-state index contributed by atoms with van der Waals surface area (Å²) in [5, 5.41) is 8.44. The predicted octanol–water partition coefficient (Wildman–Crippen LogP) is 2.37. The molecule has 0 bridgehead atoms. The average Bonchev–Trinajstić information content (AvgIpc) is 2.48. The van der Waals surface area contributed by atoms with E-state index in [-0.39, 0.29) is 5.96 Å². The van der Waals surface area contributed by atoms with E-state index in [4.69, 9.17) is 27.8 Å². The highest BCUT2D eigenvalue weighted by Gasteiger charge is 2.13. The lowest BCUT2D eigenvalue weighted by Crippen LogP contribution is -2.22. The van der Waals surface area contributed by atoms with Crippen molar-refractivity contribution >= 4 is 23.3 Å². The summed E-state index contributed by atoms with van der Waals surface area (Å²) in [6.07, 6.45) is 0. The molecule has 0 saturated carbocycles. The summed E-state index contributed by atoms with van der Waals surface area (Å²) in [5.74, 6) is 0.511. The standard InChI is InChI=1S/C15H15ClN4O/c1-21-13-8-7-11(16)9-12(13)14(19-20-15(17)18)10-5-3-2-4-6-10/h2-9H,1H3,(H4,17,18,20)/b19-14+. The highest BCUT2D eigenvalue weighted by molar-refractivity contribution is 6.31. The van der Waals surface area contributed by atoms with Crippen LogP contribution in [0.1, 0.15) is 11.1 Å². The van der Waals surface area contributed by atoms with Crippen LogP contribution in [0.25, 0.3) is 0 Å². The van der Waals surface area contributed by atoms with Gasteiger partial charge >= 0.3 is 0 Å². The van der Waals surface area contributed by atoms with E-state index >= 15 is 0 Å². The van der Waals surface area contributed by atoms with Gasteiger partial charge in [-0.25, -0.2) is 0 Å². The number of benzene rings is 2. The van der Waals surface area contributed by atoms with Crippen LogP contribution >= 0.6 is 11.6 Å². The Bertz CT molecular complexity index is 679. The van der Waals surface area contributed by atoms with Crippen molar-refractivity contribution < 1.29 is 4.74 Å². The van der Waals surface area contributed by atoms with Crippen LogP contribution in [0.3, 0.4) is 0 Å². The first-order valence-electron chi connectivity index (χ1n) is 6.17. The maximum absolute atomic E-state index is 6.07. The summed E-state index contributed by atoms with van der Waals surface area (Å²) in [4.78, 5) is 0. The Labute approximate surface area is 127 Å². The molecule has 0 unspecified atom stereocenters. The van der Waals surface area contributed by atoms with Gasteiger partial charge in [-0.2, -0.15) is 0 Å². The van der Waals surface area contributed by atoms with E-state index in [1.807, 2.05) is 30.3 Å². The molecule has 0 fully saturated rings. The Balaban J connectivity index is 2.63. The number of hydrogen-bond acceptors (Lipinski definition) is 3. The molecule has 0 atom stereocenters. The van der Waals surface area contributed by atoms with Crippen molar-refractivity contribution in [1.82, 2.24) is 0 Å². The fraction of sp³-hybridized carbons (Fsp3) is 0.0667. The maximum atomic E-state index is 6.07. The zero-order valence-corrected chi connectivity index (χ0v) is 12.2. The van der Waals surface area contributed by atoms with E-state index in [1.165, 1.54) is 0 Å². The van der Waals surface area contributed by atoms with Gasteiger partial charge in [0, 0.05) is 16.1 Å². The Kier molecular flexibility index (Phi) is 4.79. The summed E-state index contributed by atoms with van der Waals surface area (Å²) >= 11 is 6.07. The normalized spacial score (nSPS) is 11.0. The molecule has 0 saturated heterocycles. The first-order chi connectivity index (χ1) is 10.1. The average molecular weight is 303 g/mol. The van der Waals surface area contributed by atoms with Crippen LogP contribution in [0.5, 0.6) is 5.75 Å². The van der Waals surface area contributed by atoms with Crippen molar-refractivity contribution in [3.8, 4) is 5.75 Å². The number of nitrogens with two attached hydrogens (primary N) is 2. The SMILES string of the molecule is COc1ccc(Cl)cc1/C(=N/N=C(N)N)c1ccccc1. The number of ether oxygens (including phenoxy) is 1. The molecule has 0 spiro atoms. The van der Waals surface area contributed by atoms with Crippen molar-refractivity contribution in [2.75, 3.05) is 7.11 Å². The van der Waals surface area contributed by atoms with Crippen molar-refractivity contribution in [3.05, 3.63) is 64.7 Å². The van der Waals surface area contributed by atoms with E-state index < -0.39 is 0 Å². The largest absolute Gasteiger partial charge is 0.496 e.